The van der Waals surface area contributed by atoms with Crippen molar-refractivity contribution >= 4 is 16.8 Å². The normalized spacial score (nSPS) is 31.1. The molecule has 1 aliphatic heterocycles. The molecule has 7 heteroatoms. The van der Waals surface area contributed by atoms with Gasteiger partial charge in [-0.05, 0) is 68.9 Å². The van der Waals surface area contributed by atoms with Crippen LogP contribution >= 0.6 is 0 Å². The van der Waals surface area contributed by atoms with Gasteiger partial charge in [0, 0.05) is 41.2 Å². The van der Waals surface area contributed by atoms with Gasteiger partial charge in [-0.15, -0.1) is 0 Å². The summed E-state index contributed by atoms with van der Waals surface area (Å²) in [6.07, 6.45) is 5.74. The smallest absolute Gasteiger partial charge is 0.226 e. The number of ether oxygens (including phenoxy) is 1. The van der Waals surface area contributed by atoms with Crippen molar-refractivity contribution in [1.29, 1.82) is 5.26 Å². The molecule has 5 nitrogen and oxygen atoms in total. The third-order valence-electron chi connectivity index (χ3n) is 8.27. The number of nitrogens with zero attached hydrogens (tertiary/aromatic N) is 2. The molecule has 3 fully saturated rings. The molecule has 32 heavy (non-hydrogen) atoms. The first-order valence-electron chi connectivity index (χ1n) is 11.6. The van der Waals surface area contributed by atoms with E-state index in [0.29, 0.717) is 29.8 Å². The quantitative estimate of drug-likeness (QED) is 0.720. The second-order valence-electron chi connectivity index (χ2n) is 9.99. The van der Waals surface area contributed by atoms with E-state index in [1.54, 1.807) is 6.07 Å². The van der Waals surface area contributed by atoms with Crippen LogP contribution in [-0.4, -0.2) is 35.5 Å². The number of benzene rings is 1. The highest BCUT2D eigenvalue weighted by Gasteiger charge is 2.49. The minimum Gasteiger partial charge on any atom is -0.494 e. The molecular weight excluding hydrogens is 412 g/mol. The van der Waals surface area contributed by atoms with Crippen molar-refractivity contribution in [2.24, 2.45) is 23.7 Å². The second-order valence-corrected chi connectivity index (χ2v) is 9.99. The molecule has 0 spiro atoms. The predicted octanol–water partition coefficient (Wildman–Crippen LogP) is 5.07. The maximum atomic E-state index is 16.0. The first kappa shape index (κ1) is 21.2. The molecule has 170 valence electrons. The summed E-state index contributed by atoms with van der Waals surface area (Å²) in [5.74, 6) is 0.703. The van der Waals surface area contributed by atoms with Crippen LogP contribution < -0.4 is 4.74 Å². The van der Waals surface area contributed by atoms with Gasteiger partial charge >= 0.3 is 0 Å². The van der Waals surface area contributed by atoms with E-state index >= 15 is 4.39 Å². The molecule has 1 amide bonds. The lowest BCUT2D eigenvalue weighted by Crippen LogP contribution is -2.57. The number of nitriles is 1. The highest BCUT2D eigenvalue weighted by atomic mass is 19.1. The standard InChI is InChI=1S/C25H29F2N3O2/c1-25(27,19-12-29-20-7-8-21(32-2)24(26)23(19)20)10-22(31)30-13-15-4-3-14(11-28)17-6-5-16(30)9-18(15)17/h7-8,12,14-18,29H,3-6,9-10,13H2,1-2H3. The van der Waals surface area contributed by atoms with Crippen LogP contribution in [0.2, 0.25) is 0 Å². The average molecular weight is 442 g/mol. The first-order chi connectivity index (χ1) is 15.3. The number of aromatic nitrogens is 1. The van der Waals surface area contributed by atoms with Gasteiger partial charge in [0.05, 0.1) is 19.6 Å². The van der Waals surface area contributed by atoms with Crippen molar-refractivity contribution in [3.8, 4) is 11.8 Å². The van der Waals surface area contributed by atoms with Crippen molar-refractivity contribution in [3.63, 3.8) is 0 Å². The van der Waals surface area contributed by atoms with Crippen molar-refractivity contribution in [1.82, 2.24) is 9.88 Å². The number of hydrogen-bond donors (Lipinski definition) is 1. The lowest BCUT2D eigenvalue weighted by atomic mass is 9.58. The Morgan fingerprint density at radius 2 is 2.12 bits per heavy atom. The number of carbonyl (C=O) groups is 1. The summed E-state index contributed by atoms with van der Waals surface area (Å²) in [5.41, 5.74) is -1.40. The van der Waals surface area contributed by atoms with Crippen LogP contribution in [0.15, 0.2) is 18.3 Å². The molecule has 5 rings (SSSR count). The molecular formula is C25H29F2N3O2. The van der Waals surface area contributed by atoms with Crippen LogP contribution in [0.5, 0.6) is 5.75 Å². The van der Waals surface area contributed by atoms with E-state index in [0.717, 1.165) is 32.1 Å². The van der Waals surface area contributed by atoms with E-state index < -0.39 is 11.5 Å². The predicted molar refractivity (Wildman–Crippen MR) is 116 cm³/mol. The van der Waals surface area contributed by atoms with Gasteiger partial charge in [-0.1, -0.05) is 0 Å². The molecule has 0 radical (unpaired) electrons. The molecule has 6 unspecified atom stereocenters. The average Bonchev–Trinajstić information content (AvgIpc) is 3.24. The third-order valence-corrected chi connectivity index (χ3v) is 8.27. The summed E-state index contributed by atoms with van der Waals surface area (Å²) >= 11 is 0. The molecule has 2 heterocycles. The lowest BCUT2D eigenvalue weighted by molar-refractivity contribution is -0.145. The number of halogens is 2. The minimum absolute atomic E-state index is 0.0484. The molecule has 1 aromatic carbocycles. The fourth-order valence-corrected chi connectivity index (χ4v) is 6.66. The van der Waals surface area contributed by atoms with Gasteiger partial charge in [-0.3, -0.25) is 4.79 Å². The number of H-pyrrole nitrogens is 1. The fraction of sp³-hybridized carbons (Fsp3) is 0.600. The molecule has 6 atom stereocenters. The third kappa shape index (κ3) is 3.27. The molecule has 1 aromatic heterocycles. The van der Waals surface area contributed by atoms with Crippen LogP contribution in [0, 0.1) is 40.8 Å². The van der Waals surface area contributed by atoms with Gasteiger partial charge in [0.15, 0.2) is 11.6 Å². The Morgan fingerprint density at radius 3 is 2.88 bits per heavy atom. The van der Waals surface area contributed by atoms with Gasteiger partial charge in [0.25, 0.3) is 0 Å². The second kappa shape index (κ2) is 7.75. The van der Waals surface area contributed by atoms with Crippen molar-refractivity contribution in [2.75, 3.05) is 13.7 Å². The molecule has 1 N–H and O–H groups in total. The number of likely N-dealkylation sites (tertiary alicyclic amines) is 1. The maximum Gasteiger partial charge on any atom is 0.226 e. The van der Waals surface area contributed by atoms with Gasteiger partial charge in [-0.25, -0.2) is 8.78 Å². The van der Waals surface area contributed by atoms with Gasteiger partial charge in [0.2, 0.25) is 5.91 Å². The van der Waals surface area contributed by atoms with E-state index in [2.05, 4.69) is 11.1 Å². The topological polar surface area (TPSA) is 69.1 Å². The summed E-state index contributed by atoms with van der Waals surface area (Å²) in [5, 5.41) is 9.63. The van der Waals surface area contributed by atoms with E-state index in [4.69, 9.17) is 4.74 Å². The van der Waals surface area contributed by atoms with Gasteiger partial charge < -0.3 is 14.6 Å². The van der Waals surface area contributed by atoms with Crippen molar-refractivity contribution in [3.05, 3.63) is 29.7 Å². The minimum atomic E-state index is -2.02. The number of aromatic amines is 1. The number of hydrogen-bond acceptors (Lipinski definition) is 3. The zero-order valence-electron chi connectivity index (χ0n) is 18.5. The number of carbonyl (C=O) groups excluding carboxylic acids is 1. The number of amides is 1. The Labute approximate surface area is 186 Å². The Bertz CT molecular complexity index is 1090. The van der Waals surface area contributed by atoms with Crippen LogP contribution in [-0.2, 0) is 10.5 Å². The van der Waals surface area contributed by atoms with Crippen LogP contribution in [0.25, 0.3) is 10.9 Å². The SMILES string of the molecule is COc1ccc2[nH]cc(C(C)(F)CC(=O)N3CC4CCC(C#N)C5CCC3CC45)c2c1F. The summed E-state index contributed by atoms with van der Waals surface area (Å²) < 4.78 is 35.9. The number of alkyl halides is 1. The first-order valence-corrected chi connectivity index (χ1v) is 11.6. The molecule has 2 aromatic rings. The van der Waals surface area contributed by atoms with Crippen LogP contribution in [0.3, 0.4) is 0 Å². The van der Waals surface area contributed by atoms with E-state index in [1.807, 2.05) is 4.90 Å². The fourth-order valence-electron chi connectivity index (χ4n) is 6.66. The number of piperidine rings is 1. The van der Waals surface area contributed by atoms with E-state index in [1.165, 1.54) is 26.3 Å². The number of fused-ring (bicyclic) bond motifs is 2. The highest BCUT2D eigenvalue weighted by molar-refractivity contribution is 5.87. The van der Waals surface area contributed by atoms with Gasteiger partial charge in [-0.2, -0.15) is 5.26 Å². The Morgan fingerprint density at radius 1 is 1.31 bits per heavy atom. The monoisotopic (exact) mass is 441 g/mol. The van der Waals surface area contributed by atoms with Crippen molar-refractivity contribution in [2.45, 2.75) is 57.2 Å². The largest absolute Gasteiger partial charge is 0.494 e. The van der Waals surface area contributed by atoms with E-state index in [9.17, 15) is 14.4 Å². The number of rotatable bonds is 4. The maximum absolute atomic E-state index is 16.0. The van der Waals surface area contributed by atoms with Gasteiger partial charge in [0.1, 0.15) is 5.67 Å². The molecule has 3 aliphatic rings. The zero-order chi connectivity index (χ0) is 22.6. The number of nitrogens with one attached hydrogen (secondary N) is 1. The molecule has 2 bridgehead atoms. The van der Waals surface area contributed by atoms with Crippen LogP contribution in [0.4, 0.5) is 8.78 Å². The zero-order valence-corrected chi connectivity index (χ0v) is 18.5. The summed E-state index contributed by atoms with van der Waals surface area (Å²) in [4.78, 5) is 18.1. The van der Waals surface area contributed by atoms with Crippen molar-refractivity contribution < 1.29 is 18.3 Å². The highest BCUT2D eigenvalue weighted by Crippen LogP contribution is 2.51. The van der Waals surface area contributed by atoms with E-state index in [-0.39, 0.29) is 41.0 Å². The number of methoxy groups -OCH3 is 1. The molecule has 2 aliphatic carbocycles. The molecule has 1 saturated heterocycles. The summed E-state index contributed by atoms with van der Waals surface area (Å²) in [6.45, 7) is 2.00. The Kier molecular flexibility index (Phi) is 5.15. The Balaban J connectivity index is 1.38. The van der Waals surface area contributed by atoms with Crippen LogP contribution in [0.1, 0.15) is 51.0 Å². The summed E-state index contributed by atoms with van der Waals surface area (Å²) in [6, 6.07) is 5.77. The summed E-state index contributed by atoms with van der Waals surface area (Å²) in [7, 11) is 1.37. The lowest BCUT2D eigenvalue weighted by Gasteiger charge is -2.54. The molecule has 2 saturated carbocycles. The Hall–Kier alpha value is -2.62.